The van der Waals surface area contributed by atoms with Crippen LogP contribution in [0.4, 0.5) is 0 Å². The summed E-state index contributed by atoms with van der Waals surface area (Å²) in [6.07, 6.45) is 1.52. The van der Waals surface area contributed by atoms with Crippen LogP contribution in [-0.4, -0.2) is 33.8 Å². The van der Waals surface area contributed by atoms with Gasteiger partial charge in [0.2, 0.25) is 5.91 Å². The number of hydrogen-bond donors (Lipinski definition) is 0. The van der Waals surface area contributed by atoms with Gasteiger partial charge in [-0.1, -0.05) is 54.7 Å². The van der Waals surface area contributed by atoms with Gasteiger partial charge in [-0.2, -0.15) is 0 Å². The first-order valence-electron chi connectivity index (χ1n) is 7.66. The highest BCUT2D eigenvalue weighted by molar-refractivity contribution is 8.15. The van der Waals surface area contributed by atoms with Gasteiger partial charge in [0, 0.05) is 0 Å². The van der Waals surface area contributed by atoms with Crippen LogP contribution < -0.4 is 0 Å². The zero-order valence-electron chi connectivity index (χ0n) is 13.6. The number of ether oxygens (including phenoxy) is 1. The molecule has 2 heterocycles. The molecule has 1 saturated heterocycles. The first-order valence-corrected chi connectivity index (χ1v) is 8.54. The highest BCUT2D eigenvalue weighted by atomic mass is 32.2. The molecule has 0 spiro atoms. The summed E-state index contributed by atoms with van der Waals surface area (Å²) in [6, 6.07) is 8.97. The van der Waals surface area contributed by atoms with Crippen molar-refractivity contribution >= 4 is 28.8 Å². The van der Waals surface area contributed by atoms with Gasteiger partial charge < -0.3 is 4.74 Å². The maximum atomic E-state index is 12.6. The summed E-state index contributed by atoms with van der Waals surface area (Å²) in [5, 5.41) is 0.422. The summed E-state index contributed by atoms with van der Waals surface area (Å²) in [6.45, 7) is 7.30. The van der Waals surface area contributed by atoms with Crippen LogP contribution in [0.2, 0.25) is 0 Å². The van der Waals surface area contributed by atoms with Crippen molar-refractivity contribution in [3.05, 3.63) is 59.8 Å². The lowest BCUT2D eigenvalue weighted by molar-refractivity contribution is -0.139. The van der Waals surface area contributed by atoms with Crippen LogP contribution in [0.15, 0.2) is 59.2 Å². The molecule has 3 rings (SSSR count). The van der Waals surface area contributed by atoms with E-state index in [1.54, 1.807) is 11.8 Å². The molecule has 0 aromatic heterocycles. The molecule has 5 nitrogen and oxygen atoms in total. The Labute approximate surface area is 145 Å². The molecule has 0 saturated carbocycles. The minimum atomic E-state index is -0.513. The Morgan fingerprint density at radius 2 is 2.12 bits per heavy atom. The van der Waals surface area contributed by atoms with Crippen molar-refractivity contribution in [3.8, 4) is 0 Å². The number of amidine groups is 1. The minimum absolute atomic E-state index is 0.0471. The number of amides is 1. The maximum absolute atomic E-state index is 12.6. The molecule has 0 radical (unpaired) electrons. The van der Waals surface area contributed by atoms with E-state index in [1.165, 1.54) is 17.8 Å². The van der Waals surface area contributed by atoms with Crippen molar-refractivity contribution < 1.29 is 14.3 Å². The zero-order chi connectivity index (χ0) is 17.3. The molecule has 1 fully saturated rings. The van der Waals surface area contributed by atoms with Crippen molar-refractivity contribution in [1.29, 1.82) is 0 Å². The smallest absolute Gasteiger partial charge is 0.338 e. The molecule has 0 aliphatic carbocycles. The third kappa shape index (κ3) is 2.78. The molecule has 1 aromatic rings. The fraction of sp³-hybridized carbons (Fsp3) is 0.278. The molecule has 6 heteroatoms. The van der Waals surface area contributed by atoms with Crippen LogP contribution in [-0.2, 0) is 14.3 Å². The van der Waals surface area contributed by atoms with Crippen LogP contribution in [0.1, 0.15) is 25.5 Å². The van der Waals surface area contributed by atoms with E-state index in [4.69, 9.17) is 4.74 Å². The molecule has 2 aliphatic rings. The topological polar surface area (TPSA) is 59.0 Å². The summed E-state index contributed by atoms with van der Waals surface area (Å²) < 4.78 is 5.23. The number of carbonyl (C=O) groups is 2. The Morgan fingerprint density at radius 3 is 2.79 bits per heavy atom. The number of carbonyl (C=O) groups excluding carboxylic acids is 2. The number of esters is 1. The Kier molecular flexibility index (Phi) is 4.57. The van der Waals surface area contributed by atoms with Gasteiger partial charge in [-0.05, 0) is 19.4 Å². The second-order valence-corrected chi connectivity index (χ2v) is 6.87. The molecule has 2 atom stereocenters. The van der Waals surface area contributed by atoms with Gasteiger partial charge >= 0.3 is 5.97 Å². The first-order chi connectivity index (χ1) is 11.5. The van der Waals surface area contributed by atoms with E-state index in [2.05, 4.69) is 11.6 Å². The highest BCUT2D eigenvalue weighted by Gasteiger charge is 2.46. The second kappa shape index (κ2) is 6.65. The summed E-state index contributed by atoms with van der Waals surface area (Å²) in [5.41, 5.74) is 1.84. The molecule has 0 unspecified atom stereocenters. The molecule has 124 valence electrons. The van der Waals surface area contributed by atoms with Crippen molar-refractivity contribution in [2.75, 3.05) is 6.61 Å². The SMILES string of the molecule is C=CCOC(=O)C1=C(C)N=C2S[C@H](C)C(=O)N2[C@@H]1c1ccccc1. The van der Waals surface area contributed by atoms with Gasteiger partial charge in [0.05, 0.1) is 22.6 Å². The molecular formula is C18H18N2O3S. The van der Waals surface area contributed by atoms with Crippen LogP contribution in [0, 0.1) is 0 Å². The third-order valence-corrected chi connectivity index (χ3v) is 4.98. The molecule has 1 amide bonds. The lowest BCUT2D eigenvalue weighted by Gasteiger charge is -2.32. The van der Waals surface area contributed by atoms with Crippen LogP contribution in [0.3, 0.4) is 0 Å². The van der Waals surface area contributed by atoms with E-state index in [0.29, 0.717) is 16.4 Å². The van der Waals surface area contributed by atoms with Gasteiger partial charge in [0.25, 0.3) is 0 Å². The number of allylic oxidation sites excluding steroid dienone is 1. The molecule has 24 heavy (non-hydrogen) atoms. The van der Waals surface area contributed by atoms with Crippen molar-refractivity contribution in [2.45, 2.75) is 25.1 Å². The lowest BCUT2D eigenvalue weighted by atomic mass is 9.94. The van der Waals surface area contributed by atoms with E-state index in [1.807, 2.05) is 37.3 Å². The fourth-order valence-corrected chi connectivity index (χ4v) is 3.86. The van der Waals surface area contributed by atoms with Crippen molar-refractivity contribution in [1.82, 2.24) is 4.90 Å². The number of rotatable bonds is 4. The fourth-order valence-electron chi connectivity index (χ4n) is 2.83. The predicted octanol–water partition coefficient (Wildman–Crippen LogP) is 3.06. The van der Waals surface area contributed by atoms with E-state index in [9.17, 15) is 9.59 Å². The standard InChI is InChI=1S/C18H18N2O3S/c1-4-10-23-17(22)14-11(2)19-18-20(16(21)12(3)24-18)15(14)13-8-6-5-7-9-13/h4-9,12,15H,1,10H2,2-3H3/t12-,15-/m1/s1. The highest BCUT2D eigenvalue weighted by Crippen LogP contribution is 2.43. The summed E-state index contributed by atoms with van der Waals surface area (Å²) in [7, 11) is 0. The van der Waals surface area contributed by atoms with E-state index < -0.39 is 12.0 Å². The average Bonchev–Trinajstić information content (AvgIpc) is 2.86. The number of aliphatic imine (C=N–C) groups is 1. The largest absolute Gasteiger partial charge is 0.458 e. The summed E-state index contributed by atoms with van der Waals surface area (Å²) in [5.74, 6) is -0.518. The van der Waals surface area contributed by atoms with Crippen molar-refractivity contribution in [2.24, 2.45) is 4.99 Å². The summed E-state index contributed by atoms with van der Waals surface area (Å²) >= 11 is 1.42. The van der Waals surface area contributed by atoms with E-state index >= 15 is 0 Å². The maximum Gasteiger partial charge on any atom is 0.338 e. The third-order valence-electron chi connectivity index (χ3n) is 3.93. The molecule has 0 N–H and O–H groups in total. The van der Waals surface area contributed by atoms with Crippen LogP contribution >= 0.6 is 11.8 Å². The average molecular weight is 342 g/mol. The first kappa shape index (κ1) is 16.5. The quantitative estimate of drug-likeness (QED) is 0.623. The summed E-state index contributed by atoms with van der Waals surface area (Å²) in [4.78, 5) is 31.3. The van der Waals surface area contributed by atoms with Gasteiger partial charge in [0.15, 0.2) is 5.17 Å². The van der Waals surface area contributed by atoms with Crippen molar-refractivity contribution in [3.63, 3.8) is 0 Å². The Bertz CT molecular complexity index is 755. The van der Waals surface area contributed by atoms with E-state index in [-0.39, 0.29) is 17.8 Å². The number of benzene rings is 1. The second-order valence-electron chi connectivity index (χ2n) is 5.56. The van der Waals surface area contributed by atoms with E-state index in [0.717, 1.165) is 5.56 Å². The zero-order valence-corrected chi connectivity index (χ0v) is 14.4. The Hall–Kier alpha value is -2.34. The van der Waals surface area contributed by atoms with Gasteiger partial charge in [0.1, 0.15) is 6.61 Å². The monoisotopic (exact) mass is 342 g/mol. The predicted molar refractivity (Wildman–Crippen MR) is 94.4 cm³/mol. The minimum Gasteiger partial charge on any atom is -0.458 e. The molecular weight excluding hydrogens is 324 g/mol. The number of fused-ring (bicyclic) bond motifs is 1. The van der Waals surface area contributed by atoms with Gasteiger partial charge in [-0.25, -0.2) is 9.79 Å². The normalized spacial score (nSPS) is 23.0. The lowest BCUT2D eigenvalue weighted by Crippen LogP contribution is -2.40. The molecule has 2 aliphatic heterocycles. The van der Waals surface area contributed by atoms with Crippen LogP contribution in [0.25, 0.3) is 0 Å². The Morgan fingerprint density at radius 1 is 1.42 bits per heavy atom. The molecule has 0 bridgehead atoms. The molecule has 1 aromatic carbocycles. The van der Waals surface area contributed by atoms with Gasteiger partial charge in [-0.15, -0.1) is 0 Å². The van der Waals surface area contributed by atoms with Gasteiger partial charge in [-0.3, -0.25) is 9.69 Å². The van der Waals surface area contributed by atoms with Crippen LogP contribution in [0.5, 0.6) is 0 Å². The number of nitrogens with zero attached hydrogens (tertiary/aromatic N) is 2. The number of thioether (sulfide) groups is 1. The number of hydrogen-bond acceptors (Lipinski definition) is 5. The Balaban J connectivity index is 2.10.